The quantitative estimate of drug-likeness (QED) is 0.549. The number of hydrogen-bond acceptors (Lipinski definition) is 1. The van der Waals surface area contributed by atoms with Crippen LogP contribution >= 0.6 is 23.2 Å². The largest absolute Gasteiger partial charge is 0.302 e. The molecule has 3 heteroatoms. The van der Waals surface area contributed by atoms with Gasteiger partial charge < -0.3 is 4.90 Å². The molecule has 0 aromatic heterocycles. The van der Waals surface area contributed by atoms with E-state index in [9.17, 15) is 0 Å². The van der Waals surface area contributed by atoms with E-state index in [1.54, 1.807) is 0 Å². The van der Waals surface area contributed by atoms with E-state index < -0.39 is 0 Å². The second kappa shape index (κ2) is 9.07. The highest BCUT2D eigenvalue weighted by molar-refractivity contribution is 6.30. The third kappa shape index (κ3) is 5.48. The summed E-state index contributed by atoms with van der Waals surface area (Å²) in [7, 11) is 2.20. The van der Waals surface area contributed by atoms with Crippen molar-refractivity contribution in [3.63, 3.8) is 0 Å². The Hall–Kier alpha value is -1.02. The van der Waals surface area contributed by atoms with Crippen molar-refractivity contribution in [2.75, 3.05) is 13.6 Å². The number of benzene rings is 2. The highest BCUT2D eigenvalue weighted by atomic mass is 35.5. The van der Waals surface area contributed by atoms with Crippen LogP contribution < -0.4 is 0 Å². The van der Waals surface area contributed by atoms with E-state index >= 15 is 0 Å². The van der Waals surface area contributed by atoms with Crippen LogP contribution in [0.25, 0.3) is 0 Å². The van der Waals surface area contributed by atoms with Gasteiger partial charge in [-0.05, 0) is 61.9 Å². The van der Waals surface area contributed by atoms with Crippen LogP contribution in [0.2, 0.25) is 0 Å². The first-order valence-electron chi connectivity index (χ1n) is 9.21. The van der Waals surface area contributed by atoms with Crippen molar-refractivity contribution in [3.8, 4) is 0 Å². The predicted molar refractivity (Wildman–Crippen MR) is 109 cm³/mol. The second-order valence-corrected chi connectivity index (χ2v) is 8.39. The van der Waals surface area contributed by atoms with Gasteiger partial charge in [-0.25, -0.2) is 0 Å². The fraction of sp³-hybridized carbons (Fsp3) is 0.455. The summed E-state index contributed by atoms with van der Waals surface area (Å²) >= 11 is 12.5. The molecule has 1 fully saturated rings. The molecule has 2 aromatic rings. The fourth-order valence-corrected chi connectivity index (χ4v) is 4.33. The van der Waals surface area contributed by atoms with E-state index in [1.807, 2.05) is 0 Å². The zero-order valence-corrected chi connectivity index (χ0v) is 16.4. The standard InChI is InChI=1S/C22H27Cl2N/c1-25(16-18-6-3-2-4-7-18)13-5-8-17-9-11-19(12-10-17)20-14-21(23)22(24)15-20/h2-4,6-7,9-12,20-22H,5,8,13-16H2,1H3. The average Bonchev–Trinajstić information content (AvgIpc) is 2.95. The number of nitrogens with zero attached hydrogens (tertiary/aromatic N) is 1. The van der Waals surface area contributed by atoms with Crippen molar-refractivity contribution >= 4 is 23.2 Å². The van der Waals surface area contributed by atoms with Crippen molar-refractivity contribution in [3.05, 3.63) is 71.3 Å². The van der Waals surface area contributed by atoms with Crippen LogP contribution in [-0.4, -0.2) is 29.2 Å². The summed E-state index contributed by atoms with van der Waals surface area (Å²) in [5.74, 6) is 0.524. The summed E-state index contributed by atoms with van der Waals surface area (Å²) in [6, 6.07) is 19.7. The summed E-state index contributed by atoms with van der Waals surface area (Å²) in [6.45, 7) is 2.13. The monoisotopic (exact) mass is 375 g/mol. The Morgan fingerprint density at radius 2 is 1.52 bits per heavy atom. The smallest absolute Gasteiger partial charge is 0.0505 e. The first-order valence-corrected chi connectivity index (χ1v) is 10.1. The lowest BCUT2D eigenvalue weighted by molar-refractivity contribution is 0.322. The van der Waals surface area contributed by atoms with Crippen molar-refractivity contribution in [1.82, 2.24) is 4.90 Å². The van der Waals surface area contributed by atoms with Crippen molar-refractivity contribution < 1.29 is 0 Å². The van der Waals surface area contributed by atoms with Gasteiger partial charge in [0.1, 0.15) is 0 Å². The Labute approximate surface area is 161 Å². The minimum Gasteiger partial charge on any atom is -0.302 e. The molecule has 2 unspecified atom stereocenters. The Bertz CT molecular complexity index is 631. The molecule has 1 aliphatic rings. The van der Waals surface area contributed by atoms with Crippen LogP contribution in [0.15, 0.2) is 54.6 Å². The molecule has 2 aromatic carbocycles. The first-order chi connectivity index (χ1) is 12.1. The Kier molecular flexibility index (Phi) is 6.81. The van der Waals surface area contributed by atoms with E-state index in [2.05, 4.69) is 66.5 Å². The molecule has 0 N–H and O–H groups in total. The van der Waals surface area contributed by atoms with E-state index in [1.165, 1.54) is 23.1 Å². The molecular weight excluding hydrogens is 349 g/mol. The fourth-order valence-electron chi connectivity index (χ4n) is 3.69. The van der Waals surface area contributed by atoms with Gasteiger partial charge in [-0.15, -0.1) is 23.2 Å². The van der Waals surface area contributed by atoms with Crippen LogP contribution in [0.1, 0.15) is 41.9 Å². The lowest BCUT2D eigenvalue weighted by Gasteiger charge is -2.16. The van der Waals surface area contributed by atoms with E-state index in [-0.39, 0.29) is 10.8 Å². The second-order valence-electron chi connectivity index (χ2n) is 7.27. The molecule has 0 saturated heterocycles. The molecule has 3 rings (SSSR count). The van der Waals surface area contributed by atoms with E-state index in [4.69, 9.17) is 23.2 Å². The number of aryl methyl sites for hydroxylation is 1. The topological polar surface area (TPSA) is 3.24 Å². The SMILES string of the molecule is CN(CCCc1ccc(C2CC(Cl)C(Cl)C2)cc1)Cc1ccccc1. The molecule has 25 heavy (non-hydrogen) atoms. The molecule has 1 saturated carbocycles. The van der Waals surface area contributed by atoms with Gasteiger partial charge in [0.25, 0.3) is 0 Å². The lowest BCUT2D eigenvalue weighted by Crippen LogP contribution is -2.19. The van der Waals surface area contributed by atoms with Gasteiger partial charge in [-0.1, -0.05) is 54.6 Å². The van der Waals surface area contributed by atoms with Crippen LogP contribution in [0.5, 0.6) is 0 Å². The minimum absolute atomic E-state index is 0.117. The molecule has 1 nitrogen and oxygen atoms in total. The molecule has 0 aliphatic heterocycles. The maximum absolute atomic E-state index is 6.26. The molecule has 0 amide bonds. The minimum atomic E-state index is 0.117. The summed E-state index contributed by atoms with van der Waals surface area (Å²) in [6.07, 6.45) is 4.30. The number of hydrogen-bond donors (Lipinski definition) is 0. The zero-order chi connectivity index (χ0) is 17.6. The van der Waals surface area contributed by atoms with Crippen molar-refractivity contribution in [2.24, 2.45) is 0 Å². The average molecular weight is 376 g/mol. The number of rotatable bonds is 7. The van der Waals surface area contributed by atoms with Gasteiger partial charge in [0.2, 0.25) is 0 Å². The molecule has 0 spiro atoms. The van der Waals surface area contributed by atoms with Gasteiger partial charge in [0, 0.05) is 6.54 Å². The molecule has 0 bridgehead atoms. The predicted octanol–water partition coefficient (Wildman–Crippen LogP) is 5.84. The third-order valence-corrected chi connectivity index (χ3v) is 6.26. The van der Waals surface area contributed by atoms with Crippen LogP contribution in [0, 0.1) is 0 Å². The van der Waals surface area contributed by atoms with Crippen LogP contribution in [0.4, 0.5) is 0 Å². The molecule has 1 aliphatic carbocycles. The maximum Gasteiger partial charge on any atom is 0.0505 e. The summed E-state index contributed by atoms with van der Waals surface area (Å²) < 4.78 is 0. The normalized spacial score (nSPS) is 23.3. The first kappa shape index (κ1) is 18.8. The Balaban J connectivity index is 1.43. The summed E-state index contributed by atoms with van der Waals surface area (Å²) in [5, 5.41) is 0.234. The van der Waals surface area contributed by atoms with E-state index in [0.29, 0.717) is 5.92 Å². The van der Waals surface area contributed by atoms with Crippen molar-refractivity contribution in [1.29, 1.82) is 0 Å². The number of alkyl halides is 2. The Morgan fingerprint density at radius 1 is 0.880 bits per heavy atom. The highest BCUT2D eigenvalue weighted by Crippen LogP contribution is 2.40. The maximum atomic E-state index is 6.26. The van der Waals surface area contributed by atoms with Gasteiger partial charge >= 0.3 is 0 Å². The van der Waals surface area contributed by atoms with Gasteiger partial charge in [0.05, 0.1) is 10.8 Å². The highest BCUT2D eigenvalue weighted by Gasteiger charge is 2.32. The lowest BCUT2D eigenvalue weighted by atomic mass is 9.96. The number of halogens is 2. The molecule has 0 heterocycles. The summed E-state index contributed by atoms with van der Waals surface area (Å²) in [4.78, 5) is 2.39. The van der Waals surface area contributed by atoms with Gasteiger partial charge in [-0.3, -0.25) is 0 Å². The zero-order valence-electron chi connectivity index (χ0n) is 14.9. The van der Waals surface area contributed by atoms with Gasteiger partial charge in [0.15, 0.2) is 0 Å². The molecule has 0 radical (unpaired) electrons. The van der Waals surface area contributed by atoms with Crippen LogP contribution in [0.3, 0.4) is 0 Å². The molecule has 134 valence electrons. The van der Waals surface area contributed by atoms with Crippen LogP contribution in [-0.2, 0) is 13.0 Å². The summed E-state index contributed by atoms with van der Waals surface area (Å²) in [5.41, 5.74) is 4.18. The molecule has 2 atom stereocenters. The van der Waals surface area contributed by atoms with Crippen molar-refractivity contribution in [2.45, 2.75) is 48.9 Å². The van der Waals surface area contributed by atoms with Gasteiger partial charge in [-0.2, -0.15) is 0 Å². The molecular formula is C22H27Cl2N. The third-order valence-electron chi connectivity index (χ3n) is 5.16. The Morgan fingerprint density at radius 3 is 2.16 bits per heavy atom. The van der Waals surface area contributed by atoms with E-state index in [0.717, 1.165) is 32.4 Å².